The van der Waals surface area contributed by atoms with Gasteiger partial charge in [-0.1, -0.05) is 23.7 Å². The summed E-state index contributed by atoms with van der Waals surface area (Å²) in [5.74, 6) is -0.223. The summed E-state index contributed by atoms with van der Waals surface area (Å²) >= 11 is 7.52. The van der Waals surface area contributed by atoms with Crippen molar-refractivity contribution in [2.24, 2.45) is 0 Å². The van der Waals surface area contributed by atoms with Crippen LogP contribution >= 0.6 is 22.9 Å². The Balaban J connectivity index is 1.64. The van der Waals surface area contributed by atoms with Crippen LogP contribution in [0.3, 0.4) is 0 Å². The quantitative estimate of drug-likeness (QED) is 0.884. The van der Waals surface area contributed by atoms with Gasteiger partial charge in [0.2, 0.25) is 0 Å². The zero-order chi connectivity index (χ0) is 13.9. The average molecular weight is 308 g/mol. The maximum atomic E-state index is 12.2. The number of hydrogen-bond donors (Lipinski definition) is 1. The van der Waals surface area contributed by atoms with Crippen LogP contribution in [0.25, 0.3) is 0 Å². The van der Waals surface area contributed by atoms with E-state index in [0.29, 0.717) is 5.02 Å². The van der Waals surface area contributed by atoms with Crippen LogP contribution in [0.5, 0.6) is 0 Å². The summed E-state index contributed by atoms with van der Waals surface area (Å²) in [5, 5.41) is 5.92. The van der Waals surface area contributed by atoms with Crippen molar-refractivity contribution >= 4 is 28.9 Å². The van der Waals surface area contributed by atoms with Gasteiger partial charge in [0, 0.05) is 16.4 Å². The van der Waals surface area contributed by atoms with Crippen molar-refractivity contribution in [2.75, 3.05) is 6.54 Å². The van der Waals surface area contributed by atoms with E-state index < -0.39 is 0 Å². The van der Waals surface area contributed by atoms with Crippen LogP contribution in [0.2, 0.25) is 5.02 Å². The lowest BCUT2D eigenvalue weighted by Crippen LogP contribution is -2.35. The molecule has 1 aliphatic heterocycles. The minimum absolute atomic E-state index is 0.223. The molecule has 5 heteroatoms. The highest BCUT2D eigenvalue weighted by molar-refractivity contribution is 7.10. The minimum atomic E-state index is -0.336. The van der Waals surface area contributed by atoms with E-state index in [4.69, 9.17) is 16.3 Å². The number of halogens is 1. The van der Waals surface area contributed by atoms with Gasteiger partial charge in [-0.05, 0) is 41.1 Å². The standard InChI is InChI=1S/C15H14ClNO2S/c16-11-3-1-10(2-4-11)9-19-15(18)14-12-6-8-20-13(12)5-7-17-14/h1-4,6,8,14,17H,5,7,9H2. The van der Waals surface area contributed by atoms with E-state index in [9.17, 15) is 4.79 Å². The molecular weight excluding hydrogens is 294 g/mol. The molecule has 104 valence electrons. The first-order chi connectivity index (χ1) is 9.74. The fourth-order valence-corrected chi connectivity index (χ4v) is 3.33. The summed E-state index contributed by atoms with van der Waals surface area (Å²) in [6, 6.07) is 8.97. The van der Waals surface area contributed by atoms with Gasteiger partial charge in [-0.15, -0.1) is 11.3 Å². The van der Waals surface area contributed by atoms with E-state index >= 15 is 0 Å². The number of carbonyl (C=O) groups is 1. The van der Waals surface area contributed by atoms with Gasteiger partial charge in [0.1, 0.15) is 12.6 Å². The van der Waals surface area contributed by atoms with Crippen molar-refractivity contribution in [3.63, 3.8) is 0 Å². The number of esters is 1. The minimum Gasteiger partial charge on any atom is -0.459 e. The molecule has 0 radical (unpaired) electrons. The third-order valence-electron chi connectivity index (χ3n) is 3.32. The Labute approximate surface area is 126 Å². The maximum absolute atomic E-state index is 12.2. The highest BCUT2D eigenvalue weighted by atomic mass is 35.5. The summed E-state index contributed by atoms with van der Waals surface area (Å²) in [6.07, 6.45) is 0.980. The summed E-state index contributed by atoms with van der Waals surface area (Å²) in [4.78, 5) is 13.5. The molecule has 1 aromatic heterocycles. The molecule has 0 saturated heterocycles. The molecular formula is C15H14ClNO2S. The van der Waals surface area contributed by atoms with Crippen LogP contribution in [0.1, 0.15) is 22.0 Å². The number of thiophene rings is 1. The number of hydrogen-bond acceptors (Lipinski definition) is 4. The molecule has 0 bridgehead atoms. The molecule has 2 heterocycles. The van der Waals surface area contributed by atoms with Crippen LogP contribution in [0.15, 0.2) is 35.7 Å². The molecule has 2 aromatic rings. The zero-order valence-electron chi connectivity index (χ0n) is 10.8. The van der Waals surface area contributed by atoms with Crippen LogP contribution in [0, 0.1) is 0 Å². The largest absolute Gasteiger partial charge is 0.459 e. The second kappa shape index (κ2) is 5.95. The maximum Gasteiger partial charge on any atom is 0.328 e. The second-order valence-corrected chi connectivity index (χ2v) is 6.11. The normalized spacial score (nSPS) is 17.6. The number of rotatable bonds is 3. The summed E-state index contributed by atoms with van der Waals surface area (Å²) in [6.45, 7) is 1.09. The second-order valence-electron chi connectivity index (χ2n) is 4.67. The first kappa shape index (κ1) is 13.6. The van der Waals surface area contributed by atoms with Crippen molar-refractivity contribution in [3.05, 3.63) is 56.7 Å². The van der Waals surface area contributed by atoms with E-state index in [1.54, 1.807) is 23.5 Å². The Morgan fingerprint density at radius 1 is 1.35 bits per heavy atom. The van der Waals surface area contributed by atoms with Gasteiger partial charge < -0.3 is 10.1 Å². The Morgan fingerprint density at radius 2 is 2.15 bits per heavy atom. The molecule has 0 saturated carbocycles. The molecule has 20 heavy (non-hydrogen) atoms. The van der Waals surface area contributed by atoms with E-state index in [-0.39, 0.29) is 18.6 Å². The van der Waals surface area contributed by atoms with Crippen molar-refractivity contribution in [1.29, 1.82) is 0 Å². The van der Waals surface area contributed by atoms with Gasteiger partial charge in [0.15, 0.2) is 0 Å². The fourth-order valence-electron chi connectivity index (χ4n) is 2.28. The zero-order valence-corrected chi connectivity index (χ0v) is 12.3. The Morgan fingerprint density at radius 3 is 2.95 bits per heavy atom. The SMILES string of the molecule is O=C(OCc1ccc(Cl)cc1)C1NCCc2sccc21. The van der Waals surface area contributed by atoms with Crippen molar-refractivity contribution in [1.82, 2.24) is 5.32 Å². The van der Waals surface area contributed by atoms with Gasteiger partial charge in [0.25, 0.3) is 0 Å². The topological polar surface area (TPSA) is 38.3 Å². The number of benzene rings is 1. The van der Waals surface area contributed by atoms with Crippen LogP contribution < -0.4 is 5.32 Å². The molecule has 1 N–H and O–H groups in total. The number of fused-ring (bicyclic) bond motifs is 1. The molecule has 3 nitrogen and oxygen atoms in total. The lowest BCUT2D eigenvalue weighted by atomic mass is 10.0. The molecule has 0 aliphatic carbocycles. The van der Waals surface area contributed by atoms with Gasteiger partial charge >= 0.3 is 5.97 Å². The molecule has 0 fully saturated rings. The first-order valence-electron chi connectivity index (χ1n) is 6.45. The summed E-state index contributed by atoms with van der Waals surface area (Å²) in [7, 11) is 0. The van der Waals surface area contributed by atoms with E-state index in [0.717, 1.165) is 24.1 Å². The molecule has 1 atom stereocenters. The van der Waals surface area contributed by atoms with Crippen LogP contribution in [-0.2, 0) is 22.6 Å². The Bertz CT molecular complexity index is 609. The van der Waals surface area contributed by atoms with E-state index in [2.05, 4.69) is 5.32 Å². The first-order valence-corrected chi connectivity index (χ1v) is 7.70. The fraction of sp³-hybridized carbons (Fsp3) is 0.267. The third-order valence-corrected chi connectivity index (χ3v) is 4.57. The molecule has 1 unspecified atom stereocenters. The monoisotopic (exact) mass is 307 g/mol. The lowest BCUT2D eigenvalue weighted by molar-refractivity contribution is -0.147. The summed E-state index contributed by atoms with van der Waals surface area (Å²) < 4.78 is 5.39. The van der Waals surface area contributed by atoms with Gasteiger partial charge in [-0.2, -0.15) is 0 Å². The number of ether oxygens (including phenoxy) is 1. The highest BCUT2D eigenvalue weighted by Crippen LogP contribution is 2.28. The van der Waals surface area contributed by atoms with E-state index in [1.165, 1.54) is 4.88 Å². The van der Waals surface area contributed by atoms with Gasteiger partial charge in [-0.25, -0.2) is 4.79 Å². The predicted molar refractivity (Wildman–Crippen MR) is 80.0 cm³/mol. The predicted octanol–water partition coefficient (Wildman–Crippen LogP) is 3.33. The molecule has 3 rings (SSSR count). The summed E-state index contributed by atoms with van der Waals surface area (Å²) in [5.41, 5.74) is 1.99. The van der Waals surface area contributed by atoms with Crippen molar-refractivity contribution in [3.8, 4) is 0 Å². The molecule has 1 aromatic carbocycles. The van der Waals surface area contributed by atoms with Crippen LogP contribution in [-0.4, -0.2) is 12.5 Å². The highest BCUT2D eigenvalue weighted by Gasteiger charge is 2.28. The molecule has 1 aliphatic rings. The smallest absolute Gasteiger partial charge is 0.328 e. The van der Waals surface area contributed by atoms with Gasteiger partial charge in [-0.3, -0.25) is 0 Å². The number of carbonyl (C=O) groups excluding carboxylic acids is 1. The Kier molecular flexibility index (Phi) is 4.05. The Hall–Kier alpha value is -1.36. The molecule has 0 spiro atoms. The van der Waals surface area contributed by atoms with Gasteiger partial charge in [0.05, 0.1) is 0 Å². The third kappa shape index (κ3) is 2.87. The lowest BCUT2D eigenvalue weighted by Gasteiger charge is -2.22. The van der Waals surface area contributed by atoms with Crippen molar-refractivity contribution < 1.29 is 9.53 Å². The average Bonchev–Trinajstić information content (AvgIpc) is 2.94. The van der Waals surface area contributed by atoms with Crippen LogP contribution in [0.4, 0.5) is 0 Å². The van der Waals surface area contributed by atoms with E-state index in [1.807, 2.05) is 23.6 Å². The molecule has 0 amide bonds. The van der Waals surface area contributed by atoms with Crippen molar-refractivity contribution in [2.45, 2.75) is 19.1 Å². The number of nitrogens with one attached hydrogen (secondary N) is 1.